The molecule has 2 aliphatic carbocycles. The van der Waals surface area contributed by atoms with Crippen molar-refractivity contribution >= 4 is 27.5 Å². The van der Waals surface area contributed by atoms with Crippen molar-refractivity contribution in [2.75, 3.05) is 0 Å². The summed E-state index contributed by atoms with van der Waals surface area (Å²) in [4.78, 5) is 15.1. The summed E-state index contributed by atoms with van der Waals surface area (Å²) in [5.41, 5.74) is 18.8. The summed E-state index contributed by atoms with van der Waals surface area (Å²) in [5.74, 6) is 1.84. The van der Waals surface area contributed by atoms with Crippen LogP contribution in [0.5, 0.6) is 0 Å². The van der Waals surface area contributed by atoms with Crippen molar-refractivity contribution in [2.24, 2.45) is 0 Å². The Balaban J connectivity index is 0.976. The predicted molar refractivity (Wildman–Crippen MR) is 258 cm³/mol. The lowest BCUT2D eigenvalue weighted by Gasteiger charge is -2.31. The molecule has 1 atom stereocenters. The molecular weight excluding hydrogens is 767 g/mol. The van der Waals surface area contributed by atoms with E-state index in [1.54, 1.807) is 0 Å². The average molecular weight is 806 g/mol. The number of nitrogens with zero attached hydrogens (tertiary/aromatic N) is 3. The third-order valence-electron chi connectivity index (χ3n) is 12.9. The molecule has 0 saturated heterocycles. The zero-order valence-corrected chi connectivity index (χ0v) is 34.6. The summed E-state index contributed by atoms with van der Waals surface area (Å²) < 4.78 is 6.50. The number of benzene rings is 8. The Bertz CT molecular complexity index is 3470. The Morgan fingerprint density at radius 2 is 1.02 bits per heavy atom. The molecule has 1 unspecified atom stereocenters. The molecule has 0 bridgehead atoms. The van der Waals surface area contributed by atoms with Crippen molar-refractivity contribution in [1.29, 1.82) is 0 Å². The van der Waals surface area contributed by atoms with Gasteiger partial charge in [-0.1, -0.05) is 195 Å². The number of fused-ring (bicyclic) bond motifs is 10. The first-order valence-electron chi connectivity index (χ1n) is 21.4. The number of rotatable bonds is 6. The summed E-state index contributed by atoms with van der Waals surface area (Å²) in [7, 11) is 0. The fourth-order valence-corrected chi connectivity index (χ4v) is 10.3. The van der Waals surface area contributed by atoms with Gasteiger partial charge in [0.05, 0.1) is 5.41 Å². The topological polar surface area (TPSA) is 51.8 Å². The average Bonchev–Trinajstić information content (AvgIpc) is 3.98. The van der Waals surface area contributed by atoms with E-state index in [9.17, 15) is 0 Å². The number of hydrogen-bond acceptors (Lipinski definition) is 4. The Morgan fingerprint density at radius 1 is 0.460 bits per heavy atom. The largest absolute Gasteiger partial charge is 0.456 e. The van der Waals surface area contributed by atoms with Crippen LogP contribution in [0.2, 0.25) is 0 Å². The molecule has 12 rings (SSSR count). The van der Waals surface area contributed by atoms with Crippen LogP contribution in [0.15, 0.2) is 223 Å². The van der Waals surface area contributed by atoms with E-state index in [4.69, 9.17) is 19.4 Å². The highest BCUT2D eigenvalue weighted by Gasteiger charge is 2.53. The van der Waals surface area contributed by atoms with Gasteiger partial charge in [-0.05, 0) is 91.9 Å². The molecular formula is C59H39N3O. The van der Waals surface area contributed by atoms with Crippen LogP contribution in [0.3, 0.4) is 0 Å². The second-order valence-electron chi connectivity index (χ2n) is 16.2. The maximum absolute atomic E-state index is 6.50. The van der Waals surface area contributed by atoms with Gasteiger partial charge in [0.2, 0.25) is 0 Å². The molecule has 2 heterocycles. The van der Waals surface area contributed by atoms with Crippen molar-refractivity contribution < 1.29 is 4.42 Å². The van der Waals surface area contributed by atoms with Gasteiger partial charge in [0.15, 0.2) is 17.5 Å². The van der Waals surface area contributed by atoms with Gasteiger partial charge in [-0.15, -0.1) is 0 Å². The lowest BCUT2D eigenvalue weighted by Crippen LogP contribution is -2.26. The molecule has 0 N–H and O–H groups in total. The SMILES string of the molecule is C=C/C=C1\C(=C/C)c2ccccc2C12c1ccccc1-c1c(-c3ccc(-c4ccc5oc6cccc(-c7nc(-c8ccccc8)nc(-c8ccccc8)n7)c6c5c4)cc3)cccc12. The van der Waals surface area contributed by atoms with Crippen molar-refractivity contribution in [3.63, 3.8) is 0 Å². The van der Waals surface area contributed by atoms with Gasteiger partial charge >= 0.3 is 0 Å². The normalized spacial score (nSPS) is 16.2. The number of hydrogen-bond donors (Lipinski definition) is 0. The zero-order valence-electron chi connectivity index (χ0n) is 34.6. The van der Waals surface area contributed by atoms with Crippen LogP contribution in [-0.4, -0.2) is 15.0 Å². The van der Waals surface area contributed by atoms with E-state index in [0.717, 1.165) is 49.8 Å². The molecule has 296 valence electrons. The highest BCUT2D eigenvalue weighted by atomic mass is 16.3. The first-order valence-corrected chi connectivity index (χ1v) is 21.4. The molecule has 8 aromatic carbocycles. The minimum absolute atomic E-state index is 0.441. The summed E-state index contributed by atoms with van der Waals surface area (Å²) in [5, 5.41) is 1.98. The van der Waals surface area contributed by atoms with Gasteiger partial charge in [0, 0.05) is 27.5 Å². The summed E-state index contributed by atoms with van der Waals surface area (Å²) >= 11 is 0. The van der Waals surface area contributed by atoms with Gasteiger partial charge in [-0.25, -0.2) is 15.0 Å². The molecule has 0 fully saturated rings. The fraction of sp³-hybridized carbons (Fsp3) is 0.0339. The van der Waals surface area contributed by atoms with E-state index >= 15 is 0 Å². The summed E-state index contributed by atoms with van der Waals surface area (Å²) in [6, 6.07) is 66.5. The monoisotopic (exact) mass is 805 g/mol. The standard InChI is InChI=1S/C59H39N3O/c1-3-17-48-42(4-2)44-22-11-13-26-49(44)59(48)50-27-14-12-23-45(50)54-43(24-15-28-51(54)59)38-32-30-37(31-33-38)41-34-35-52-47(36-41)55-46(25-16-29-53(55)63-52)58-61-56(39-18-7-5-8-19-39)60-57(62-58)40-20-9-6-10-21-40/h3-36H,1H2,2H3/b42-4-,48-17+. The van der Waals surface area contributed by atoms with Crippen LogP contribution in [0.4, 0.5) is 0 Å². The van der Waals surface area contributed by atoms with Gasteiger partial charge < -0.3 is 4.42 Å². The van der Waals surface area contributed by atoms with Gasteiger partial charge in [-0.2, -0.15) is 0 Å². The number of furan rings is 1. The first kappa shape index (κ1) is 36.6. The highest BCUT2D eigenvalue weighted by molar-refractivity contribution is 6.13. The van der Waals surface area contributed by atoms with E-state index in [1.165, 1.54) is 55.7 Å². The van der Waals surface area contributed by atoms with Gasteiger partial charge in [0.1, 0.15) is 11.2 Å². The first-order chi connectivity index (χ1) is 31.1. The minimum Gasteiger partial charge on any atom is -0.456 e. The van der Waals surface area contributed by atoms with Gasteiger partial charge in [0.25, 0.3) is 0 Å². The van der Waals surface area contributed by atoms with Crippen molar-refractivity contribution in [3.05, 3.63) is 241 Å². The molecule has 2 aliphatic rings. The van der Waals surface area contributed by atoms with Crippen LogP contribution in [0.25, 0.3) is 95.1 Å². The van der Waals surface area contributed by atoms with Crippen LogP contribution < -0.4 is 0 Å². The van der Waals surface area contributed by atoms with Crippen molar-refractivity contribution in [3.8, 4) is 67.5 Å². The van der Waals surface area contributed by atoms with E-state index in [0.29, 0.717) is 17.5 Å². The molecule has 0 radical (unpaired) electrons. The molecule has 0 aliphatic heterocycles. The Hall–Kier alpha value is -8.21. The van der Waals surface area contributed by atoms with E-state index < -0.39 is 5.41 Å². The maximum atomic E-state index is 6.50. The molecule has 10 aromatic rings. The molecule has 4 nitrogen and oxygen atoms in total. The molecule has 4 heteroatoms. The minimum atomic E-state index is -0.441. The van der Waals surface area contributed by atoms with E-state index in [2.05, 4.69) is 141 Å². The fourth-order valence-electron chi connectivity index (χ4n) is 10.3. The molecule has 0 saturated carbocycles. The van der Waals surface area contributed by atoms with Crippen LogP contribution in [0.1, 0.15) is 29.2 Å². The lowest BCUT2D eigenvalue weighted by molar-refractivity contribution is 0.669. The third kappa shape index (κ3) is 5.51. The molecule has 0 amide bonds. The Kier molecular flexibility index (Phi) is 8.41. The second kappa shape index (κ2) is 14.5. The Labute approximate surface area is 365 Å². The van der Waals surface area contributed by atoms with Crippen molar-refractivity contribution in [1.82, 2.24) is 15.0 Å². The molecule has 1 spiro atoms. The molecule has 2 aromatic heterocycles. The highest BCUT2D eigenvalue weighted by Crippen LogP contribution is 2.64. The van der Waals surface area contributed by atoms with Crippen LogP contribution in [0, 0.1) is 0 Å². The second-order valence-corrected chi connectivity index (χ2v) is 16.2. The maximum Gasteiger partial charge on any atom is 0.164 e. The zero-order chi connectivity index (χ0) is 42.1. The number of allylic oxidation sites excluding steroid dienone is 5. The Morgan fingerprint density at radius 3 is 1.71 bits per heavy atom. The lowest BCUT2D eigenvalue weighted by atomic mass is 9.70. The van der Waals surface area contributed by atoms with E-state index in [1.807, 2.05) is 78.9 Å². The van der Waals surface area contributed by atoms with Gasteiger partial charge in [-0.3, -0.25) is 0 Å². The quantitative estimate of drug-likeness (QED) is 0.168. The van der Waals surface area contributed by atoms with Crippen molar-refractivity contribution in [2.45, 2.75) is 12.3 Å². The van der Waals surface area contributed by atoms with Crippen LogP contribution in [-0.2, 0) is 5.41 Å². The summed E-state index contributed by atoms with van der Waals surface area (Å²) in [6.07, 6.45) is 6.42. The third-order valence-corrected chi connectivity index (χ3v) is 12.9. The molecule has 63 heavy (non-hydrogen) atoms. The number of aromatic nitrogens is 3. The smallest absolute Gasteiger partial charge is 0.164 e. The van der Waals surface area contributed by atoms with E-state index in [-0.39, 0.29) is 0 Å². The predicted octanol–water partition coefficient (Wildman–Crippen LogP) is 15.0. The van der Waals surface area contributed by atoms with Crippen LogP contribution >= 0.6 is 0 Å². The summed E-state index contributed by atoms with van der Waals surface area (Å²) in [6.45, 7) is 6.32.